The van der Waals surface area contributed by atoms with Gasteiger partial charge < -0.3 is 5.11 Å². The quantitative estimate of drug-likeness (QED) is 0.549. The van der Waals surface area contributed by atoms with E-state index in [4.69, 9.17) is 5.11 Å². The lowest BCUT2D eigenvalue weighted by molar-refractivity contribution is -0.132. The van der Waals surface area contributed by atoms with Gasteiger partial charge in [-0.3, -0.25) is 0 Å². The standard InChI is InChI=1S/C12H16O2/c1-5-9(3)11(6-2)8-7-10(4)12(13)14/h5-8H,4H2,1-3H3,(H,13,14)/b8-7-,9-5+,11-6+. The minimum absolute atomic E-state index is 0.0910. The Labute approximate surface area is 85.0 Å². The molecule has 0 rings (SSSR count). The normalized spacial score (nSPS) is 13.4. The maximum absolute atomic E-state index is 10.5. The molecule has 76 valence electrons. The van der Waals surface area contributed by atoms with Crippen molar-refractivity contribution in [3.63, 3.8) is 0 Å². The van der Waals surface area contributed by atoms with Gasteiger partial charge in [-0.2, -0.15) is 0 Å². The number of rotatable bonds is 4. The van der Waals surface area contributed by atoms with Crippen LogP contribution >= 0.6 is 0 Å². The first-order chi connectivity index (χ1) is 6.52. The summed E-state index contributed by atoms with van der Waals surface area (Å²) in [6, 6.07) is 0. The van der Waals surface area contributed by atoms with E-state index in [-0.39, 0.29) is 5.57 Å². The van der Waals surface area contributed by atoms with Crippen LogP contribution in [-0.4, -0.2) is 11.1 Å². The van der Waals surface area contributed by atoms with Crippen LogP contribution in [0.1, 0.15) is 20.8 Å². The van der Waals surface area contributed by atoms with Gasteiger partial charge in [0.05, 0.1) is 5.57 Å². The summed E-state index contributed by atoms with van der Waals surface area (Å²) in [6.45, 7) is 9.24. The third-order valence-electron chi connectivity index (χ3n) is 1.94. The molecular weight excluding hydrogens is 176 g/mol. The highest BCUT2D eigenvalue weighted by molar-refractivity contribution is 5.89. The largest absolute Gasteiger partial charge is 0.478 e. The van der Waals surface area contributed by atoms with Crippen molar-refractivity contribution < 1.29 is 9.90 Å². The van der Waals surface area contributed by atoms with Gasteiger partial charge in [-0.15, -0.1) is 0 Å². The van der Waals surface area contributed by atoms with Crippen LogP contribution in [0.5, 0.6) is 0 Å². The molecule has 0 radical (unpaired) electrons. The van der Waals surface area contributed by atoms with E-state index in [1.54, 1.807) is 6.08 Å². The molecule has 0 aliphatic rings. The zero-order valence-corrected chi connectivity index (χ0v) is 8.87. The Kier molecular flexibility index (Phi) is 5.30. The minimum Gasteiger partial charge on any atom is -0.478 e. The zero-order valence-electron chi connectivity index (χ0n) is 8.87. The molecule has 0 fully saturated rings. The number of carboxylic acid groups (broad SMARTS) is 1. The summed E-state index contributed by atoms with van der Waals surface area (Å²) in [6.07, 6.45) is 7.17. The van der Waals surface area contributed by atoms with Gasteiger partial charge in [0, 0.05) is 0 Å². The Morgan fingerprint density at radius 1 is 1.21 bits per heavy atom. The molecule has 0 heterocycles. The predicted molar refractivity (Wildman–Crippen MR) is 59.1 cm³/mol. The molecule has 0 unspecified atom stereocenters. The fourth-order valence-electron chi connectivity index (χ4n) is 0.884. The van der Waals surface area contributed by atoms with Crippen molar-refractivity contribution in [2.75, 3.05) is 0 Å². The van der Waals surface area contributed by atoms with E-state index in [2.05, 4.69) is 6.58 Å². The molecule has 0 aliphatic heterocycles. The molecule has 0 aromatic rings. The van der Waals surface area contributed by atoms with Crippen molar-refractivity contribution in [1.82, 2.24) is 0 Å². The topological polar surface area (TPSA) is 37.3 Å². The average Bonchev–Trinajstić information content (AvgIpc) is 2.17. The summed E-state index contributed by atoms with van der Waals surface area (Å²) in [5.41, 5.74) is 2.21. The zero-order chi connectivity index (χ0) is 11.1. The van der Waals surface area contributed by atoms with Crippen LogP contribution in [0.3, 0.4) is 0 Å². The monoisotopic (exact) mass is 192 g/mol. The molecule has 2 heteroatoms. The molecule has 0 amide bonds. The third kappa shape index (κ3) is 3.90. The predicted octanol–water partition coefficient (Wildman–Crippen LogP) is 3.10. The number of aliphatic carboxylic acids is 1. The van der Waals surface area contributed by atoms with Crippen molar-refractivity contribution in [1.29, 1.82) is 0 Å². The van der Waals surface area contributed by atoms with E-state index in [1.807, 2.05) is 32.9 Å². The summed E-state index contributed by atoms with van der Waals surface area (Å²) in [5, 5.41) is 8.58. The second kappa shape index (κ2) is 5.97. The lowest BCUT2D eigenvalue weighted by atomic mass is 10.1. The average molecular weight is 192 g/mol. The number of hydrogen-bond donors (Lipinski definition) is 1. The fraction of sp³-hybridized carbons (Fsp3) is 0.250. The van der Waals surface area contributed by atoms with Crippen molar-refractivity contribution in [3.8, 4) is 0 Å². The second-order valence-electron chi connectivity index (χ2n) is 2.88. The molecule has 0 saturated carbocycles. The van der Waals surface area contributed by atoms with Gasteiger partial charge >= 0.3 is 5.97 Å². The smallest absolute Gasteiger partial charge is 0.335 e. The van der Waals surface area contributed by atoms with Crippen molar-refractivity contribution >= 4 is 5.97 Å². The van der Waals surface area contributed by atoms with Crippen molar-refractivity contribution in [3.05, 3.63) is 47.6 Å². The maximum Gasteiger partial charge on any atom is 0.335 e. The van der Waals surface area contributed by atoms with E-state index in [1.165, 1.54) is 6.08 Å². The van der Waals surface area contributed by atoms with Gasteiger partial charge in [0.1, 0.15) is 0 Å². The number of hydrogen-bond acceptors (Lipinski definition) is 1. The molecule has 1 N–H and O–H groups in total. The first kappa shape index (κ1) is 12.4. The van der Waals surface area contributed by atoms with Crippen molar-refractivity contribution in [2.24, 2.45) is 0 Å². The Balaban J connectivity index is 4.66. The highest BCUT2D eigenvalue weighted by Crippen LogP contribution is 2.11. The number of carboxylic acids is 1. The molecule has 14 heavy (non-hydrogen) atoms. The minimum atomic E-state index is -0.991. The van der Waals surface area contributed by atoms with E-state index >= 15 is 0 Å². The van der Waals surface area contributed by atoms with Crippen LogP contribution in [-0.2, 0) is 4.79 Å². The third-order valence-corrected chi connectivity index (χ3v) is 1.94. The summed E-state index contributed by atoms with van der Waals surface area (Å²) >= 11 is 0. The lowest BCUT2D eigenvalue weighted by Gasteiger charge is -2.00. The first-order valence-corrected chi connectivity index (χ1v) is 4.42. The Morgan fingerprint density at radius 3 is 2.14 bits per heavy atom. The molecule has 0 bridgehead atoms. The van der Waals surface area contributed by atoms with Crippen LogP contribution < -0.4 is 0 Å². The van der Waals surface area contributed by atoms with Crippen LogP contribution in [0.4, 0.5) is 0 Å². The molecule has 0 aromatic carbocycles. The molecule has 0 spiro atoms. The van der Waals surface area contributed by atoms with E-state index in [0.717, 1.165) is 11.1 Å². The summed E-state index contributed by atoms with van der Waals surface area (Å²) in [7, 11) is 0. The van der Waals surface area contributed by atoms with Gasteiger partial charge in [-0.05, 0) is 38.0 Å². The second-order valence-corrected chi connectivity index (χ2v) is 2.88. The fourth-order valence-corrected chi connectivity index (χ4v) is 0.884. The Morgan fingerprint density at radius 2 is 1.79 bits per heavy atom. The molecule has 0 atom stereocenters. The van der Waals surface area contributed by atoms with Crippen LogP contribution in [0, 0.1) is 0 Å². The van der Waals surface area contributed by atoms with E-state index in [0.29, 0.717) is 0 Å². The van der Waals surface area contributed by atoms with E-state index < -0.39 is 5.97 Å². The van der Waals surface area contributed by atoms with Crippen LogP contribution in [0.25, 0.3) is 0 Å². The highest BCUT2D eigenvalue weighted by atomic mass is 16.4. The van der Waals surface area contributed by atoms with Gasteiger partial charge in [0.25, 0.3) is 0 Å². The molecule has 2 nitrogen and oxygen atoms in total. The van der Waals surface area contributed by atoms with E-state index in [9.17, 15) is 4.79 Å². The molecule has 0 saturated heterocycles. The summed E-state index contributed by atoms with van der Waals surface area (Å²) in [5.74, 6) is -0.991. The SMILES string of the molecule is C=C(\C=C/C(=C\C)C(/C)=C/C)C(=O)O. The number of allylic oxidation sites excluding steroid dienone is 5. The number of carbonyl (C=O) groups is 1. The molecule has 0 aliphatic carbocycles. The molecule has 0 aromatic heterocycles. The Bertz CT molecular complexity index is 317. The van der Waals surface area contributed by atoms with Gasteiger partial charge in [-0.25, -0.2) is 4.79 Å². The highest BCUT2D eigenvalue weighted by Gasteiger charge is 1.98. The van der Waals surface area contributed by atoms with Gasteiger partial charge in [0.2, 0.25) is 0 Å². The molecular formula is C12H16O2. The summed E-state index contributed by atoms with van der Waals surface area (Å²) in [4.78, 5) is 10.5. The van der Waals surface area contributed by atoms with Crippen LogP contribution in [0.15, 0.2) is 47.6 Å². The van der Waals surface area contributed by atoms with Crippen molar-refractivity contribution in [2.45, 2.75) is 20.8 Å². The lowest BCUT2D eigenvalue weighted by Crippen LogP contribution is -1.95. The van der Waals surface area contributed by atoms with Gasteiger partial charge in [-0.1, -0.05) is 24.8 Å². The van der Waals surface area contributed by atoms with Crippen LogP contribution in [0.2, 0.25) is 0 Å². The first-order valence-electron chi connectivity index (χ1n) is 4.42. The summed E-state index contributed by atoms with van der Waals surface area (Å²) < 4.78 is 0. The Hall–Kier alpha value is -1.57. The van der Waals surface area contributed by atoms with Gasteiger partial charge in [0.15, 0.2) is 0 Å². The maximum atomic E-state index is 10.5.